The maximum atomic E-state index is 10.2. The minimum Gasteiger partial charge on any atom is -0.478 e. The van der Waals surface area contributed by atoms with Crippen molar-refractivity contribution in [1.29, 1.82) is 0 Å². The summed E-state index contributed by atoms with van der Waals surface area (Å²) in [7, 11) is 4.21. The lowest BCUT2D eigenvalue weighted by atomic mass is 10.1. The third-order valence-corrected chi connectivity index (χ3v) is 3.41. The van der Waals surface area contributed by atoms with Crippen LogP contribution < -0.4 is 0 Å². The maximum absolute atomic E-state index is 10.2. The van der Waals surface area contributed by atoms with E-state index in [1.54, 1.807) is 6.07 Å². The van der Waals surface area contributed by atoms with Crippen LogP contribution in [0, 0.1) is 0 Å². The number of hydrogen-bond donors (Lipinski definition) is 2. The molecule has 5 heteroatoms. The number of likely N-dealkylation sites (N-methyl/N-ethyl adjacent to an activating group) is 1. The molecule has 0 spiro atoms. The number of nitrogens with one attached hydrogen (secondary N) is 1. The van der Waals surface area contributed by atoms with E-state index < -0.39 is 5.97 Å². The topological polar surface area (TPSA) is 69.2 Å². The van der Waals surface area contributed by atoms with Gasteiger partial charge in [0.1, 0.15) is 0 Å². The zero-order valence-electron chi connectivity index (χ0n) is 13.4. The van der Waals surface area contributed by atoms with E-state index in [0.717, 1.165) is 13.0 Å². The largest absolute Gasteiger partial charge is 0.478 e. The maximum Gasteiger partial charge on any atom is 0.337 e. The highest BCUT2D eigenvalue weighted by Gasteiger charge is 2.02. The van der Waals surface area contributed by atoms with Crippen molar-refractivity contribution >= 4 is 16.9 Å². The third kappa shape index (κ3) is 4.93. The Labute approximate surface area is 135 Å². The number of nitrogens with zero attached hydrogens (tertiary/aromatic N) is 2. The van der Waals surface area contributed by atoms with Gasteiger partial charge in [0.25, 0.3) is 0 Å². The van der Waals surface area contributed by atoms with Gasteiger partial charge in [-0.05, 0) is 44.3 Å². The van der Waals surface area contributed by atoms with Crippen molar-refractivity contribution in [3.63, 3.8) is 0 Å². The van der Waals surface area contributed by atoms with E-state index in [9.17, 15) is 4.79 Å². The Morgan fingerprint density at radius 2 is 2.00 bits per heavy atom. The highest BCUT2D eigenvalue weighted by Crippen LogP contribution is 2.17. The lowest BCUT2D eigenvalue weighted by molar-refractivity contribution is 0.0696. The molecule has 0 amide bonds. The summed E-state index contributed by atoms with van der Waals surface area (Å²) >= 11 is 0. The van der Waals surface area contributed by atoms with E-state index in [1.807, 2.05) is 0 Å². The Kier molecular flexibility index (Phi) is 5.88. The minimum atomic E-state index is -0.942. The second-order valence-corrected chi connectivity index (χ2v) is 5.46. The number of benzene rings is 1. The molecule has 2 aromatic heterocycles. The Bertz CT molecular complexity index is 751. The zero-order chi connectivity index (χ0) is 16.7. The first kappa shape index (κ1) is 16.7. The number of hydrogen-bond acceptors (Lipinski definition) is 3. The number of carboxylic acids is 1. The van der Waals surface area contributed by atoms with Gasteiger partial charge >= 0.3 is 5.97 Å². The number of H-pyrrole nitrogens is 1. The highest BCUT2D eigenvalue weighted by molar-refractivity contribution is 5.87. The summed E-state index contributed by atoms with van der Waals surface area (Å²) in [4.78, 5) is 19.3. The minimum absolute atomic E-state index is 0.220. The highest BCUT2D eigenvalue weighted by atomic mass is 16.4. The number of aromatic amines is 1. The molecule has 0 saturated heterocycles. The van der Waals surface area contributed by atoms with Crippen LogP contribution in [0.4, 0.5) is 0 Å². The molecule has 0 aliphatic heterocycles. The summed E-state index contributed by atoms with van der Waals surface area (Å²) in [5.41, 5.74) is 2.87. The molecule has 2 N–H and O–H groups in total. The van der Waals surface area contributed by atoms with Gasteiger partial charge in [0.2, 0.25) is 0 Å². The molecule has 2 heterocycles. The van der Waals surface area contributed by atoms with Gasteiger partial charge in [-0.25, -0.2) is 4.79 Å². The Balaban J connectivity index is 0.000000185. The standard InChI is InChI=1S/C12H16N2.C6H5NO2/c1-14(2)8-7-10-9-13-12-6-4-3-5-11(10)12;8-6(9)5-2-1-3-7-4-5/h3-6,9,13H,7-8H2,1-2H3;1-4H,(H,8,9). The van der Waals surface area contributed by atoms with Crippen molar-refractivity contribution in [2.24, 2.45) is 0 Å². The van der Waals surface area contributed by atoms with Crippen LogP contribution in [0.15, 0.2) is 55.0 Å². The molecule has 0 aliphatic carbocycles. The Morgan fingerprint density at radius 3 is 2.61 bits per heavy atom. The van der Waals surface area contributed by atoms with E-state index in [4.69, 9.17) is 5.11 Å². The summed E-state index contributed by atoms with van der Waals surface area (Å²) in [6.07, 6.45) is 6.07. The van der Waals surface area contributed by atoms with Crippen LogP contribution in [0.5, 0.6) is 0 Å². The van der Waals surface area contributed by atoms with Crippen molar-refractivity contribution in [2.45, 2.75) is 6.42 Å². The summed E-state index contributed by atoms with van der Waals surface area (Å²) < 4.78 is 0. The SMILES string of the molecule is CN(C)CCc1c[nH]c2ccccc12.O=C(O)c1cccnc1. The fourth-order valence-electron chi connectivity index (χ4n) is 2.17. The predicted molar refractivity (Wildman–Crippen MR) is 91.8 cm³/mol. The van der Waals surface area contributed by atoms with Crippen LogP contribution in [-0.2, 0) is 6.42 Å². The number of rotatable bonds is 4. The van der Waals surface area contributed by atoms with Crippen molar-refractivity contribution in [3.8, 4) is 0 Å². The fourth-order valence-corrected chi connectivity index (χ4v) is 2.17. The molecular weight excluding hydrogens is 290 g/mol. The smallest absolute Gasteiger partial charge is 0.337 e. The first-order valence-corrected chi connectivity index (χ1v) is 7.41. The molecule has 3 aromatic rings. The zero-order valence-corrected chi connectivity index (χ0v) is 13.4. The fraction of sp³-hybridized carbons (Fsp3) is 0.222. The van der Waals surface area contributed by atoms with Gasteiger partial charge in [0, 0.05) is 36.0 Å². The predicted octanol–water partition coefficient (Wildman–Crippen LogP) is 3.05. The lowest BCUT2D eigenvalue weighted by Gasteiger charge is -2.07. The summed E-state index contributed by atoms with van der Waals surface area (Å²) in [5.74, 6) is -0.942. The molecule has 0 fully saturated rings. The number of carboxylic acid groups (broad SMARTS) is 1. The first-order chi connectivity index (χ1) is 11.1. The summed E-state index contributed by atoms with van der Waals surface area (Å²) in [6, 6.07) is 11.5. The molecule has 0 radical (unpaired) electrons. The van der Waals surface area contributed by atoms with Crippen LogP contribution in [0.2, 0.25) is 0 Å². The van der Waals surface area contributed by atoms with Crippen LogP contribution in [0.3, 0.4) is 0 Å². The number of carbonyl (C=O) groups is 1. The molecular formula is C18H21N3O2. The number of fused-ring (bicyclic) bond motifs is 1. The molecule has 0 aliphatic rings. The normalized spacial score (nSPS) is 10.4. The molecule has 0 atom stereocenters. The van der Waals surface area contributed by atoms with Gasteiger partial charge in [-0.3, -0.25) is 4.98 Å². The van der Waals surface area contributed by atoms with E-state index in [1.165, 1.54) is 34.9 Å². The van der Waals surface area contributed by atoms with Crippen LogP contribution in [0.25, 0.3) is 10.9 Å². The van der Waals surface area contributed by atoms with Gasteiger partial charge in [-0.15, -0.1) is 0 Å². The molecule has 23 heavy (non-hydrogen) atoms. The Morgan fingerprint density at radius 1 is 1.22 bits per heavy atom. The van der Waals surface area contributed by atoms with Gasteiger partial charge in [-0.1, -0.05) is 18.2 Å². The van der Waals surface area contributed by atoms with E-state index >= 15 is 0 Å². The van der Waals surface area contributed by atoms with Crippen molar-refractivity contribution in [3.05, 3.63) is 66.1 Å². The molecule has 1 aromatic carbocycles. The lowest BCUT2D eigenvalue weighted by Crippen LogP contribution is -2.14. The van der Waals surface area contributed by atoms with Gasteiger partial charge in [0.15, 0.2) is 0 Å². The molecule has 0 bridgehead atoms. The van der Waals surface area contributed by atoms with Gasteiger partial charge in [0.05, 0.1) is 5.56 Å². The first-order valence-electron chi connectivity index (χ1n) is 7.41. The van der Waals surface area contributed by atoms with Crippen LogP contribution >= 0.6 is 0 Å². The van der Waals surface area contributed by atoms with Gasteiger partial charge in [-0.2, -0.15) is 0 Å². The molecule has 5 nitrogen and oxygen atoms in total. The van der Waals surface area contributed by atoms with Crippen molar-refractivity contribution in [2.75, 3.05) is 20.6 Å². The van der Waals surface area contributed by atoms with E-state index in [2.05, 4.69) is 59.4 Å². The molecule has 0 unspecified atom stereocenters. The monoisotopic (exact) mass is 311 g/mol. The molecule has 120 valence electrons. The molecule has 3 rings (SSSR count). The van der Waals surface area contributed by atoms with Crippen molar-refractivity contribution in [1.82, 2.24) is 14.9 Å². The second-order valence-electron chi connectivity index (χ2n) is 5.46. The van der Waals surface area contributed by atoms with Gasteiger partial charge < -0.3 is 15.0 Å². The average molecular weight is 311 g/mol. The van der Waals surface area contributed by atoms with Crippen molar-refractivity contribution < 1.29 is 9.90 Å². The second kappa shape index (κ2) is 8.10. The quantitative estimate of drug-likeness (QED) is 0.777. The third-order valence-electron chi connectivity index (χ3n) is 3.41. The van der Waals surface area contributed by atoms with Crippen LogP contribution in [0.1, 0.15) is 15.9 Å². The van der Waals surface area contributed by atoms with E-state index in [-0.39, 0.29) is 5.56 Å². The molecule has 0 saturated carbocycles. The van der Waals surface area contributed by atoms with Crippen LogP contribution in [-0.4, -0.2) is 46.6 Å². The summed E-state index contributed by atoms with van der Waals surface area (Å²) in [6.45, 7) is 1.10. The average Bonchev–Trinajstić information content (AvgIpc) is 2.97. The summed E-state index contributed by atoms with van der Waals surface area (Å²) in [5, 5.41) is 9.70. The number of para-hydroxylation sites is 1. The number of aromatic carboxylic acids is 1. The Hall–Kier alpha value is -2.66. The van der Waals surface area contributed by atoms with E-state index in [0.29, 0.717) is 0 Å². The number of pyridine rings is 1. The number of aromatic nitrogens is 2.